The number of hydrogen-bond acceptors (Lipinski definition) is 6. The first kappa shape index (κ1) is 20.8. The molecular formula is C19H19ClN6O2S. The van der Waals surface area contributed by atoms with Crippen LogP contribution < -0.4 is 10.6 Å². The number of urea groups is 1. The fourth-order valence-corrected chi connectivity index (χ4v) is 3.46. The molecule has 0 unspecified atom stereocenters. The predicted molar refractivity (Wildman–Crippen MR) is 113 cm³/mol. The Morgan fingerprint density at radius 1 is 1.14 bits per heavy atom. The van der Waals surface area contributed by atoms with Crippen LogP contribution in [-0.2, 0) is 4.79 Å². The van der Waals surface area contributed by atoms with E-state index in [1.807, 2.05) is 26.0 Å². The number of nitrogens with one attached hydrogen (secondary N) is 2. The number of tetrazole rings is 1. The largest absolute Gasteiger partial charge is 0.325 e. The molecule has 0 saturated heterocycles. The summed E-state index contributed by atoms with van der Waals surface area (Å²) in [6.07, 6.45) is 0. The minimum Gasteiger partial charge on any atom is -0.307 e. The molecule has 0 spiro atoms. The number of aryl methyl sites for hydroxylation is 2. The number of halogens is 1. The van der Waals surface area contributed by atoms with Crippen LogP contribution in [0.2, 0.25) is 5.02 Å². The van der Waals surface area contributed by atoms with E-state index in [1.54, 1.807) is 37.3 Å². The van der Waals surface area contributed by atoms with Crippen LogP contribution in [0.3, 0.4) is 0 Å². The molecule has 0 aliphatic rings. The lowest BCUT2D eigenvalue weighted by molar-refractivity contribution is -0.119. The number of imide groups is 1. The zero-order chi connectivity index (χ0) is 21.0. The van der Waals surface area contributed by atoms with E-state index >= 15 is 0 Å². The maximum Gasteiger partial charge on any atom is 0.325 e. The number of thioether (sulfide) groups is 1. The number of nitrogens with zero attached hydrogens (tertiary/aromatic N) is 4. The molecule has 0 aliphatic carbocycles. The lowest BCUT2D eigenvalue weighted by Gasteiger charge is -2.13. The Balaban J connectivity index is 1.62. The van der Waals surface area contributed by atoms with Gasteiger partial charge < -0.3 is 5.32 Å². The van der Waals surface area contributed by atoms with E-state index < -0.39 is 17.2 Å². The molecule has 150 valence electrons. The van der Waals surface area contributed by atoms with Crippen molar-refractivity contribution in [2.24, 2.45) is 0 Å². The van der Waals surface area contributed by atoms with Crippen molar-refractivity contribution in [1.29, 1.82) is 0 Å². The number of aromatic nitrogens is 4. The summed E-state index contributed by atoms with van der Waals surface area (Å²) in [6, 6.07) is 12.0. The highest BCUT2D eigenvalue weighted by molar-refractivity contribution is 8.00. The molecule has 29 heavy (non-hydrogen) atoms. The van der Waals surface area contributed by atoms with Gasteiger partial charge in [0.2, 0.25) is 11.1 Å². The van der Waals surface area contributed by atoms with Gasteiger partial charge in [-0.15, -0.1) is 5.10 Å². The topological polar surface area (TPSA) is 102 Å². The number of carbonyl (C=O) groups is 2. The van der Waals surface area contributed by atoms with Crippen molar-refractivity contribution in [1.82, 2.24) is 25.5 Å². The Labute approximate surface area is 177 Å². The van der Waals surface area contributed by atoms with Crippen LogP contribution in [0.1, 0.15) is 18.1 Å². The van der Waals surface area contributed by atoms with Crippen LogP contribution in [0.5, 0.6) is 0 Å². The molecular weight excluding hydrogens is 412 g/mol. The molecule has 0 aliphatic heterocycles. The summed E-state index contributed by atoms with van der Waals surface area (Å²) >= 11 is 7.04. The Morgan fingerprint density at radius 2 is 1.86 bits per heavy atom. The number of amides is 3. The average Bonchev–Trinajstić information content (AvgIpc) is 3.12. The van der Waals surface area contributed by atoms with E-state index in [4.69, 9.17) is 11.6 Å². The lowest BCUT2D eigenvalue weighted by atomic mass is 10.1. The highest BCUT2D eigenvalue weighted by Crippen LogP contribution is 2.23. The molecule has 1 aromatic heterocycles. The first-order valence-corrected chi connectivity index (χ1v) is 9.99. The van der Waals surface area contributed by atoms with E-state index in [0.717, 1.165) is 22.9 Å². The summed E-state index contributed by atoms with van der Waals surface area (Å²) in [4.78, 5) is 24.6. The minimum absolute atomic E-state index is 0.421. The zero-order valence-electron chi connectivity index (χ0n) is 16.0. The van der Waals surface area contributed by atoms with Gasteiger partial charge in [-0.1, -0.05) is 41.1 Å². The Hall–Kier alpha value is -2.91. The van der Waals surface area contributed by atoms with Crippen LogP contribution in [0.15, 0.2) is 47.6 Å². The van der Waals surface area contributed by atoms with E-state index in [0.29, 0.717) is 21.6 Å². The Kier molecular flexibility index (Phi) is 6.50. The van der Waals surface area contributed by atoms with Crippen molar-refractivity contribution < 1.29 is 9.59 Å². The molecule has 3 aromatic rings. The third kappa shape index (κ3) is 5.33. The molecule has 0 bridgehead atoms. The van der Waals surface area contributed by atoms with Crippen LogP contribution >= 0.6 is 23.4 Å². The van der Waals surface area contributed by atoms with Crippen LogP contribution in [0.4, 0.5) is 10.5 Å². The number of hydrogen-bond donors (Lipinski definition) is 2. The summed E-state index contributed by atoms with van der Waals surface area (Å²) in [5.74, 6) is -0.456. The second kappa shape index (κ2) is 9.06. The molecule has 1 heterocycles. The van der Waals surface area contributed by atoms with Gasteiger partial charge in [-0.2, -0.15) is 4.68 Å². The van der Waals surface area contributed by atoms with Crippen LogP contribution in [-0.4, -0.2) is 37.4 Å². The van der Waals surface area contributed by atoms with Crippen molar-refractivity contribution in [2.75, 3.05) is 5.32 Å². The summed E-state index contributed by atoms with van der Waals surface area (Å²) in [5, 5.41) is 17.0. The summed E-state index contributed by atoms with van der Waals surface area (Å²) in [6.45, 7) is 5.53. The zero-order valence-corrected chi connectivity index (χ0v) is 17.6. The number of rotatable bonds is 5. The Bertz CT molecular complexity index is 1040. The molecule has 2 N–H and O–H groups in total. The highest BCUT2D eigenvalue weighted by atomic mass is 35.5. The van der Waals surface area contributed by atoms with E-state index in [9.17, 15) is 9.59 Å². The smallest absolute Gasteiger partial charge is 0.307 e. The highest BCUT2D eigenvalue weighted by Gasteiger charge is 2.21. The standard InChI is InChI=1S/C19H19ClN6O2S/c1-11-4-9-16(12(2)10-11)21-18(28)22-17(27)13(3)29-19-23-24-25-26(19)15-7-5-14(20)6-8-15/h4-10,13H,1-3H3,(H2,21,22,27,28)/t13-/m0/s1. The molecule has 0 radical (unpaired) electrons. The molecule has 3 rings (SSSR count). The summed E-state index contributed by atoms with van der Waals surface area (Å²) in [5.41, 5.74) is 3.36. The van der Waals surface area contributed by atoms with Gasteiger partial charge in [0, 0.05) is 10.7 Å². The maximum atomic E-state index is 12.4. The third-order valence-electron chi connectivity index (χ3n) is 4.03. The van der Waals surface area contributed by atoms with Gasteiger partial charge >= 0.3 is 6.03 Å². The van der Waals surface area contributed by atoms with Crippen molar-refractivity contribution in [3.8, 4) is 5.69 Å². The Morgan fingerprint density at radius 3 is 2.55 bits per heavy atom. The van der Waals surface area contributed by atoms with Gasteiger partial charge in [-0.05, 0) is 67.1 Å². The molecule has 10 heteroatoms. The van der Waals surface area contributed by atoms with E-state index in [-0.39, 0.29) is 0 Å². The van der Waals surface area contributed by atoms with Gasteiger partial charge in [-0.3, -0.25) is 10.1 Å². The number of anilines is 1. The third-order valence-corrected chi connectivity index (χ3v) is 5.32. The maximum absolute atomic E-state index is 12.4. The molecule has 2 aromatic carbocycles. The first-order chi connectivity index (χ1) is 13.8. The minimum atomic E-state index is -0.600. The van der Waals surface area contributed by atoms with Crippen molar-refractivity contribution in [2.45, 2.75) is 31.2 Å². The van der Waals surface area contributed by atoms with Gasteiger partial charge in [-0.25, -0.2) is 4.79 Å². The fraction of sp³-hybridized carbons (Fsp3) is 0.211. The van der Waals surface area contributed by atoms with E-state index in [2.05, 4.69) is 26.2 Å². The number of benzene rings is 2. The fourth-order valence-electron chi connectivity index (χ4n) is 2.53. The van der Waals surface area contributed by atoms with Gasteiger partial charge in [0.15, 0.2) is 0 Å². The molecule has 0 fully saturated rings. The van der Waals surface area contributed by atoms with Crippen LogP contribution in [0, 0.1) is 13.8 Å². The molecule has 8 nitrogen and oxygen atoms in total. The van der Waals surface area contributed by atoms with Crippen molar-refractivity contribution in [3.05, 3.63) is 58.6 Å². The predicted octanol–water partition coefficient (Wildman–Crippen LogP) is 3.76. The summed E-state index contributed by atoms with van der Waals surface area (Å²) < 4.78 is 1.50. The van der Waals surface area contributed by atoms with Crippen molar-refractivity contribution in [3.63, 3.8) is 0 Å². The van der Waals surface area contributed by atoms with Crippen LogP contribution in [0.25, 0.3) is 5.69 Å². The van der Waals surface area contributed by atoms with Gasteiger partial charge in [0.1, 0.15) is 0 Å². The molecule has 0 saturated carbocycles. The summed E-state index contributed by atoms with van der Waals surface area (Å²) in [7, 11) is 0. The average molecular weight is 431 g/mol. The lowest BCUT2D eigenvalue weighted by Crippen LogP contribution is -2.39. The molecule has 1 atom stereocenters. The van der Waals surface area contributed by atoms with Gasteiger partial charge in [0.05, 0.1) is 10.9 Å². The van der Waals surface area contributed by atoms with E-state index in [1.165, 1.54) is 4.68 Å². The second-order valence-electron chi connectivity index (χ2n) is 6.37. The monoisotopic (exact) mass is 430 g/mol. The number of carbonyl (C=O) groups excluding carboxylic acids is 2. The van der Waals surface area contributed by atoms with Gasteiger partial charge in [0.25, 0.3) is 0 Å². The molecule has 3 amide bonds. The first-order valence-electron chi connectivity index (χ1n) is 8.73. The quantitative estimate of drug-likeness (QED) is 0.597. The SMILES string of the molecule is Cc1ccc(NC(=O)NC(=O)[C@H](C)Sc2nnnn2-c2ccc(Cl)cc2)c(C)c1. The van der Waals surface area contributed by atoms with Crippen molar-refractivity contribution >= 4 is 41.0 Å². The normalized spacial score (nSPS) is 11.7. The second-order valence-corrected chi connectivity index (χ2v) is 8.12.